The lowest BCUT2D eigenvalue weighted by molar-refractivity contribution is -0.0883. The van der Waals surface area contributed by atoms with Crippen molar-refractivity contribution in [2.45, 2.75) is 52.1 Å². The van der Waals surface area contributed by atoms with Crippen LogP contribution in [0.4, 0.5) is 0 Å². The van der Waals surface area contributed by atoms with Gasteiger partial charge in [-0.05, 0) is 62.3 Å². The van der Waals surface area contributed by atoms with Crippen LogP contribution in [-0.4, -0.2) is 36.8 Å². The molecule has 2 aliphatic rings. The lowest BCUT2D eigenvalue weighted by Gasteiger charge is -2.40. The maximum absolute atomic E-state index is 6.13. The van der Waals surface area contributed by atoms with E-state index in [1.54, 1.807) is 0 Å². The molecule has 0 radical (unpaired) electrons. The van der Waals surface area contributed by atoms with E-state index in [4.69, 9.17) is 4.74 Å². The zero-order valence-electron chi connectivity index (χ0n) is 12.9. The Morgan fingerprint density at radius 3 is 2.89 bits per heavy atom. The maximum atomic E-state index is 6.13. The molecule has 1 N–H and O–H groups in total. The van der Waals surface area contributed by atoms with Gasteiger partial charge in [-0.3, -0.25) is 0 Å². The van der Waals surface area contributed by atoms with Crippen LogP contribution in [0.3, 0.4) is 0 Å². The first-order chi connectivity index (χ1) is 9.11. The molecule has 1 spiro atoms. The average Bonchev–Trinajstić information content (AvgIpc) is 2.82. The van der Waals surface area contributed by atoms with E-state index in [0.29, 0.717) is 0 Å². The largest absolute Gasteiger partial charge is 0.374 e. The molecule has 2 fully saturated rings. The molecule has 0 aromatic heterocycles. The van der Waals surface area contributed by atoms with Gasteiger partial charge in [0.1, 0.15) is 0 Å². The summed E-state index contributed by atoms with van der Waals surface area (Å²) >= 11 is 2.08. The first-order valence-corrected chi connectivity index (χ1v) is 9.19. The van der Waals surface area contributed by atoms with Crippen LogP contribution >= 0.6 is 11.8 Å². The highest BCUT2D eigenvalue weighted by Crippen LogP contribution is 2.42. The lowest BCUT2D eigenvalue weighted by atomic mass is 9.77. The van der Waals surface area contributed by atoms with Crippen LogP contribution < -0.4 is 5.32 Å². The van der Waals surface area contributed by atoms with E-state index in [0.717, 1.165) is 30.9 Å². The second-order valence-corrected chi connectivity index (χ2v) is 8.06. The van der Waals surface area contributed by atoms with E-state index in [9.17, 15) is 0 Å². The fraction of sp³-hybridized carbons (Fsp3) is 1.00. The summed E-state index contributed by atoms with van der Waals surface area (Å²) in [6.45, 7) is 10.3. The molecule has 0 aromatic carbocycles. The van der Waals surface area contributed by atoms with Gasteiger partial charge in [0.25, 0.3) is 0 Å². The van der Waals surface area contributed by atoms with E-state index in [1.165, 1.54) is 43.7 Å². The Balaban J connectivity index is 1.71. The first-order valence-electron chi connectivity index (χ1n) is 8.04. The van der Waals surface area contributed by atoms with Crippen LogP contribution in [0, 0.1) is 17.8 Å². The molecule has 0 aromatic rings. The van der Waals surface area contributed by atoms with Crippen molar-refractivity contribution in [2.75, 3.05) is 31.2 Å². The molecule has 19 heavy (non-hydrogen) atoms. The highest BCUT2D eigenvalue weighted by molar-refractivity contribution is 7.99. The summed E-state index contributed by atoms with van der Waals surface area (Å²) in [5.41, 5.74) is 0.257. The van der Waals surface area contributed by atoms with Crippen molar-refractivity contribution in [3.8, 4) is 0 Å². The average molecular weight is 285 g/mol. The molecule has 0 amide bonds. The SMILES string of the molecule is CC(C)CNCCC(C)C1CCOC2(CCSC2)C1. The van der Waals surface area contributed by atoms with E-state index >= 15 is 0 Å². The topological polar surface area (TPSA) is 21.3 Å². The van der Waals surface area contributed by atoms with Crippen molar-refractivity contribution in [1.29, 1.82) is 0 Å². The van der Waals surface area contributed by atoms with Gasteiger partial charge in [-0.15, -0.1) is 0 Å². The van der Waals surface area contributed by atoms with Crippen molar-refractivity contribution in [3.63, 3.8) is 0 Å². The van der Waals surface area contributed by atoms with Gasteiger partial charge >= 0.3 is 0 Å². The lowest BCUT2D eigenvalue weighted by Crippen LogP contribution is -2.41. The Morgan fingerprint density at radius 1 is 1.37 bits per heavy atom. The summed E-state index contributed by atoms with van der Waals surface area (Å²) in [6, 6.07) is 0. The van der Waals surface area contributed by atoms with Gasteiger partial charge in [-0.2, -0.15) is 11.8 Å². The molecule has 2 rings (SSSR count). The molecule has 2 aliphatic heterocycles. The minimum Gasteiger partial charge on any atom is -0.374 e. The van der Waals surface area contributed by atoms with Crippen LogP contribution in [0.15, 0.2) is 0 Å². The highest BCUT2D eigenvalue weighted by atomic mass is 32.2. The van der Waals surface area contributed by atoms with Crippen molar-refractivity contribution in [3.05, 3.63) is 0 Å². The van der Waals surface area contributed by atoms with Gasteiger partial charge in [0.15, 0.2) is 0 Å². The normalized spacial score (nSPS) is 33.2. The second kappa shape index (κ2) is 7.33. The van der Waals surface area contributed by atoms with Crippen molar-refractivity contribution in [1.82, 2.24) is 5.32 Å². The smallest absolute Gasteiger partial charge is 0.0783 e. The van der Waals surface area contributed by atoms with Crippen LogP contribution in [-0.2, 0) is 4.74 Å². The zero-order chi connectivity index (χ0) is 13.7. The molecule has 2 heterocycles. The van der Waals surface area contributed by atoms with Gasteiger partial charge in [0.05, 0.1) is 5.60 Å². The van der Waals surface area contributed by atoms with E-state index < -0.39 is 0 Å². The van der Waals surface area contributed by atoms with Crippen molar-refractivity contribution < 1.29 is 4.74 Å². The standard InChI is InChI=1S/C16H31NOS/c1-13(2)11-17-7-4-14(3)15-5-8-18-16(10-15)6-9-19-12-16/h13-15,17H,4-12H2,1-3H3. The van der Waals surface area contributed by atoms with Gasteiger partial charge in [-0.1, -0.05) is 20.8 Å². The Bertz CT molecular complexity index is 263. The Morgan fingerprint density at radius 2 is 2.21 bits per heavy atom. The molecular formula is C16H31NOS. The van der Waals surface area contributed by atoms with Gasteiger partial charge in [-0.25, -0.2) is 0 Å². The Kier molecular flexibility index (Phi) is 6.04. The molecule has 2 saturated heterocycles. The fourth-order valence-electron chi connectivity index (χ4n) is 3.37. The highest BCUT2D eigenvalue weighted by Gasteiger charge is 2.41. The third-order valence-electron chi connectivity index (χ3n) is 4.73. The van der Waals surface area contributed by atoms with Crippen molar-refractivity contribution >= 4 is 11.8 Å². The molecule has 0 aliphatic carbocycles. The summed E-state index contributed by atoms with van der Waals surface area (Å²) in [7, 11) is 0. The van der Waals surface area contributed by atoms with Crippen LogP contribution in [0.2, 0.25) is 0 Å². The number of thioether (sulfide) groups is 1. The number of rotatable bonds is 6. The third-order valence-corrected chi connectivity index (χ3v) is 5.96. The zero-order valence-corrected chi connectivity index (χ0v) is 13.7. The first kappa shape index (κ1) is 15.7. The van der Waals surface area contributed by atoms with Crippen LogP contribution in [0.1, 0.15) is 46.5 Å². The molecule has 0 bridgehead atoms. The number of hydrogen-bond acceptors (Lipinski definition) is 3. The molecule has 3 heteroatoms. The molecule has 112 valence electrons. The van der Waals surface area contributed by atoms with Crippen LogP contribution in [0.5, 0.6) is 0 Å². The third kappa shape index (κ3) is 4.64. The number of nitrogens with one attached hydrogen (secondary N) is 1. The quantitative estimate of drug-likeness (QED) is 0.754. The van der Waals surface area contributed by atoms with Crippen molar-refractivity contribution in [2.24, 2.45) is 17.8 Å². The molecule has 3 atom stereocenters. The number of hydrogen-bond donors (Lipinski definition) is 1. The Hall–Kier alpha value is 0.270. The minimum atomic E-state index is 0.257. The fourth-order valence-corrected chi connectivity index (χ4v) is 4.75. The van der Waals surface area contributed by atoms with E-state index in [2.05, 4.69) is 37.8 Å². The molecular weight excluding hydrogens is 254 g/mol. The van der Waals surface area contributed by atoms with Crippen LogP contribution in [0.25, 0.3) is 0 Å². The summed E-state index contributed by atoms with van der Waals surface area (Å²) in [6.07, 6.45) is 5.19. The number of ether oxygens (including phenoxy) is 1. The molecule has 3 unspecified atom stereocenters. The predicted molar refractivity (Wildman–Crippen MR) is 84.8 cm³/mol. The second-order valence-electron chi connectivity index (χ2n) is 6.95. The molecule has 0 saturated carbocycles. The molecule has 2 nitrogen and oxygen atoms in total. The van der Waals surface area contributed by atoms with Gasteiger partial charge in [0, 0.05) is 12.4 Å². The van der Waals surface area contributed by atoms with E-state index in [-0.39, 0.29) is 5.60 Å². The van der Waals surface area contributed by atoms with Gasteiger partial charge in [0.2, 0.25) is 0 Å². The van der Waals surface area contributed by atoms with Gasteiger partial charge < -0.3 is 10.1 Å². The summed E-state index contributed by atoms with van der Waals surface area (Å²) in [5.74, 6) is 5.02. The summed E-state index contributed by atoms with van der Waals surface area (Å²) < 4.78 is 6.13. The van der Waals surface area contributed by atoms with E-state index in [1.807, 2.05) is 0 Å². The Labute approximate surface area is 123 Å². The monoisotopic (exact) mass is 285 g/mol. The predicted octanol–water partition coefficient (Wildman–Crippen LogP) is 3.56. The summed E-state index contributed by atoms with van der Waals surface area (Å²) in [4.78, 5) is 0. The summed E-state index contributed by atoms with van der Waals surface area (Å²) in [5, 5.41) is 3.58. The maximum Gasteiger partial charge on any atom is 0.0783 e. The minimum absolute atomic E-state index is 0.257.